The molecule has 0 amide bonds. The van der Waals surface area contributed by atoms with Crippen LogP contribution >= 0.6 is 24.0 Å². The molecular formula is C21H37IN6O. The van der Waals surface area contributed by atoms with Crippen molar-refractivity contribution in [3.8, 4) is 0 Å². The van der Waals surface area contributed by atoms with Gasteiger partial charge in [0.05, 0.1) is 0 Å². The summed E-state index contributed by atoms with van der Waals surface area (Å²) in [7, 11) is 1.77. The zero-order valence-electron chi connectivity index (χ0n) is 18.1. The van der Waals surface area contributed by atoms with Crippen LogP contribution in [0.15, 0.2) is 22.2 Å². The highest BCUT2D eigenvalue weighted by atomic mass is 127. The fraction of sp³-hybridized carbons (Fsp3) is 0.762. The Morgan fingerprint density at radius 1 is 1.24 bits per heavy atom. The zero-order valence-corrected chi connectivity index (χ0v) is 20.5. The molecule has 0 radical (unpaired) electrons. The van der Waals surface area contributed by atoms with E-state index >= 15 is 0 Å². The first kappa shape index (κ1) is 24.0. The lowest BCUT2D eigenvalue weighted by Crippen LogP contribution is -2.53. The van der Waals surface area contributed by atoms with Crippen LogP contribution in [0.25, 0.3) is 0 Å². The summed E-state index contributed by atoms with van der Waals surface area (Å²) in [6, 6.07) is 0. The second-order valence-corrected chi connectivity index (χ2v) is 8.19. The van der Waals surface area contributed by atoms with Gasteiger partial charge in [0.15, 0.2) is 11.8 Å². The van der Waals surface area contributed by atoms with E-state index in [1.165, 1.54) is 32.1 Å². The van der Waals surface area contributed by atoms with E-state index in [0.29, 0.717) is 5.82 Å². The molecule has 2 fully saturated rings. The molecule has 1 saturated heterocycles. The number of nitrogens with zero attached hydrogens (tertiary/aromatic N) is 5. The van der Waals surface area contributed by atoms with Crippen molar-refractivity contribution < 1.29 is 0 Å². The van der Waals surface area contributed by atoms with Crippen molar-refractivity contribution in [2.24, 2.45) is 23.9 Å². The molecule has 1 aliphatic carbocycles. The van der Waals surface area contributed by atoms with Crippen molar-refractivity contribution in [2.45, 2.75) is 46.0 Å². The second-order valence-electron chi connectivity index (χ2n) is 8.19. The molecule has 1 saturated carbocycles. The number of hydrogen-bond acceptors (Lipinski definition) is 4. The number of guanidine groups is 1. The first-order valence-electron chi connectivity index (χ1n) is 10.9. The maximum absolute atomic E-state index is 12.3. The van der Waals surface area contributed by atoms with Crippen LogP contribution in [-0.4, -0.2) is 59.7 Å². The van der Waals surface area contributed by atoms with Gasteiger partial charge in [-0.1, -0.05) is 32.6 Å². The third kappa shape index (κ3) is 6.33. The van der Waals surface area contributed by atoms with Gasteiger partial charge in [0.1, 0.15) is 0 Å². The van der Waals surface area contributed by atoms with Crippen molar-refractivity contribution in [2.75, 3.05) is 44.2 Å². The van der Waals surface area contributed by atoms with Gasteiger partial charge in [0.25, 0.3) is 5.56 Å². The van der Waals surface area contributed by atoms with Gasteiger partial charge in [0.2, 0.25) is 0 Å². The first-order chi connectivity index (χ1) is 13.6. The summed E-state index contributed by atoms with van der Waals surface area (Å²) in [4.78, 5) is 26.0. The maximum Gasteiger partial charge on any atom is 0.293 e. The lowest BCUT2D eigenvalue weighted by molar-refractivity contribution is 0.245. The fourth-order valence-corrected chi connectivity index (χ4v) is 4.42. The fourth-order valence-electron chi connectivity index (χ4n) is 4.42. The largest absolute Gasteiger partial charge is 0.357 e. The molecule has 2 unspecified atom stereocenters. The molecule has 7 nitrogen and oxygen atoms in total. The molecule has 8 heteroatoms. The van der Waals surface area contributed by atoms with E-state index in [9.17, 15) is 4.79 Å². The van der Waals surface area contributed by atoms with Gasteiger partial charge in [-0.25, -0.2) is 4.98 Å². The molecule has 0 spiro atoms. The van der Waals surface area contributed by atoms with E-state index in [1.54, 1.807) is 24.0 Å². The number of anilines is 1. The number of halogens is 1. The molecule has 0 bridgehead atoms. The van der Waals surface area contributed by atoms with E-state index in [-0.39, 0.29) is 29.5 Å². The quantitative estimate of drug-likeness (QED) is 0.371. The van der Waals surface area contributed by atoms with Gasteiger partial charge in [-0.2, -0.15) is 0 Å². The molecule has 2 heterocycles. The van der Waals surface area contributed by atoms with Crippen LogP contribution < -0.4 is 15.8 Å². The number of aliphatic imine (C=N–C) groups is 1. The lowest BCUT2D eigenvalue weighted by atomic mass is 9.79. The van der Waals surface area contributed by atoms with Crippen molar-refractivity contribution >= 4 is 35.8 Å². The number of aryl methyl sites for hydroxylation is 1. The van der Waals surface area contributed by atoms with Gasteiger partial charge in [0, 0.05) is 58.7 Å². The second kappa shape index (κ2) is 11.8. The number of piperazine rings is 1. The van der Waals surface area contributed by atoms with Gasteiger partial charge in [-0.05, 0) is 25.2 Å². The van der Waals surface area contributed by atoms with Gasteiger partial charge >= 0.3 is 0 Å². The summed E-state index contributed by atoms with van der Waals surface area (Å²) in [5.74, 6) is 3.24. The smallest absolute Gasteiger partial charge is 0.293 e. The Hall–Kier alpha value is -1.32. The van der Waals surface area contributed by atoms with E-state index in [0.717, 1.165) is 57.1 Å². The van der Waals surface area contributed by atoms with Crippen LogP contribution in [0.4, 0.5) is 5.82 Å². The van der Waals surface area contributed by atoms with E-state index in [4.69, 9.17) is 4.99 Å². The predicted octanol–water partition coefficient (Wildman–Crippen LogP) is 2.70. The maximum atomic E-state index is 12.3. The van der Waals surface area contributed by atoms with Crippen molar-refractivity contribution in [3.63, 3.8) is 0 Å². The van der Waals surface area contributed by atoms with Gasteiger partial charge in [-0.3, -0.25) is 9.79 Å². The summed E-state index contributed by atoms with van der Waals surface area (Å²) in [6.07, 6.45) is 10.1. The highest BCUT2D eigenvalue weighted by Gasteiger charge is 2.23. The molecule has 1 aliphatic heterocycles. The lowest BCUT2D eigenvalue weighted by Gasteiger charge is -2.37. The molecule has 164 valence electrons. The topological polar surface area (TPSA) is 65.8 Å². The molecular weight excluding hydrogens is 479 g/mol. The van der Waals surface area contributed by atoms with Gasteiger partial charge in [-0.15, -0.1) is 24.0 Å². The molecule has 1 N–H and O–H groups in total. The predicted molar refractivity (Wildman–Crippen MR) is 130 cm³/mol. The van der Waals surface area contributed by atoms with Crippen LogP contribution in [0.1, 0.15) is 46.0 Å². The third-order valence-corrected chi connectivity index (χ3v) is 6.26. The minimum absolute atomic E-state index is 0. The Morgan fingerprint density at radius 3 is 2.66 bits per heavy atom. The molecule has 1 aromatic heterocycles. The van der Waals surface area contributed by atoms with Crippen LogP contribution in [0.5, 0.6) is 0 Å². The number of nitrogens with one attached hydrogen (secondary N) is 1. The van der Waals surface area contributed by atoms with Crippen LogP contribution in [-0.2, 0) is 7.05 Å². The Balaban J connectivity index is 0.00000300. The van der Waals surface area contributed by atoms with Crippen LogP contribution in [0, 0.1) is 11.8 Å². The molecule has 2 atom stereocenters. The third-order valence-electron chi connectivity index (χ3n) is 6.26. The van der Waals surface area contributed by atoms with Crippen LogP contribution in [0.3, 0.4) is 0 Å². The normalized spacial score (nSPS) is 22.9. The van der Waals surface area contributed by atoms with Crippen LogP contribution in [0.2, 0.25) is 0 Å². The summed E-state index contributed by atoms with van der Waals surface area (Å²) >= 11 is 0. The molecule has 2 aliphatic rings. The minimum Gasteiger partial charge on any atom is -0.357 e. The molecule has 3 rings (SSSR count). The Kier molecular flexibility index (Phi) is 9.71. The highest BCUT2D eigenvalue weighted by Crippen LogP contribution is 2.31. The highest BCUT2D eigenvalue weighted by molar-refractivity contribution is 14.0. The van der Waals surface area contributed by atoms with E-state index < -0.39 is 0 Å². The molecule has 29 heavy (non-hydrogen) atoms. The van der Waals surface area contributed by atoms with E-state index in [2.05, 4.69) is 33.9 Å². The van der Waals surface area contributed by atoms with Crippen molar-refractivity contribution in [1.82, 2.24) is 19.8 Å². The number of aromatic nitrogens is 2. The molecule has 0 aromatic carbocycles. The summed E-state index contributed by atoms with van der Waals surface area (Å²) < 4.78 is 1.59. The zero-order chi connectivity index (χ0) is 19.9. The molecule has 1 aromatic rings. The van der Waals surface area contributed by atoms with E-state index in [1.807, 2.05) is 0 Å². The monoisotopic (exact) mass is 516 g/mol. The summed E-state index contributed by atoms with van der Waals surface area (Å²) in [5, 5.41) is 3.45. The summed E-state index contributed by atoms with van der Waals surface area (Å²) in [6.45, 7) is 9.58. The van der Waals surface area contributed by atoms with Crippen molar-refractivity contribution in [3.05, 3.63) is 22.7 Å². The first-order valence-corrected chi connectivity index (χ1v) is 10.9. The number of hydrogen-bond donors (Lipinski definition) is 1. The Morgan fingerprint density at radius 2 is 1.97 bits per heavy atom. The average molecular weight is 516 g/mol. The standard InChI is InChI=1S/C21H36N6O.HI/c1-4-22-21(24-10-9-18-8-6-5-7-17(18)2)27-15-13-26(14-16-27)19-20(28)25(3)12-11-23-19;/h11-12,17-18H,4-10,13-16H2,1-3H3,(H,22,24);1H. The minimum atomic E-state index is -0.0295. The average Bonchev–Trinajstić information content (AvgIpc) is 2.71. The van der Waals surface area contributed by atoms with Gasteiger partial charge < -0.3 is 19.7 Å². The van der Waals surface area contributed by atoms with Crippen molar-refractivity contribution in [1.29, 1.82) is 0 Å². The number of rotatable bonds is 5. The Bertz CT molecular complexity index is 713. The SMILES string of the molecule is CCNC(=NCCC1CCCCC1C)N1CCN(c2nccn(C)c2=O)CC1.I. The summed E-state index contributed by atoms with van der Waals surface area (Å²) in [5.41, 5.74) is -0.0295. The Labute approximate surface area is 192 Å².